The van der Waals surface area contributed by atoms with Gasteiger partial charge in [0.05, 0.1) is 5.25 Å². The van der Waals surface area contributed by atoms with Crippen molar-refractivity contribution in [2.45, 2.75) is 50.8 Å². The Labute approximate surface area is 108 Å². The van der Waals surface area contributed by atoms with Gasteiger partial charge in [0.1, 0.15) is 0 Å². The first-order valence-electron chi connectivity index (χ1n) is 6.56. The normalized spacial score (nSPS) is 30.1. The molecule has 0 saturated heterocycles. The molecule has 0 aliphatic heterocycles. The number of nitrogens with one attached hydrogen (secondary N) is 1. The van der Waals surface area contributed by atoms with Crippen molar-refractivity contribution < 1.29 is 8.95 Å². The van der Waals surface area contributed by atoms with Gasteiger partial charge in [0.15, 0.2) is 0 Å². The van der Waals surface area contributed by atoms with Crippen LogP contribution in [0.1, 0.15) is 39.5 Å². The second kappa shape index (κ2) is 6.86. The SMILES string of the molecule is CNC1C(S(=O)CCCOC)CCCC1(C)C. The van der Waals surface area contributed by atoms with Crippen LogP contribution in [-0.2, 0) is 15.5 Å². The minimum absolute atomic E-state index is 0.259. The molecule has 0 amide bonds. The lowest BCUT2D eigenvalue weighted by Gasteiger charge is -2.43. The first-order valence-corrected chi connectivity index (χ1v) is 7.94. The van der Waals surface area contributed by atoms with Gasteiger partial charge in [-0.1, -0.05) is 20.3 Å². The molecule has 1 saturated carbocycles. The van der Waals surface area contributed by atoms with Gasteiger partial charge < -0.3 is 10.1 Å². The molecule has 1 N–H and O–H groups in total. The second-order valence-corrected chi connectivity index (χ2v) is 7.39. The molecule has 0 aromatic carbocycles. The number of hydrogen-bond donors (Lipinski definition) is 1. The molecule has 1 rings (SSSR count). The topological polar surface area (TPSA) is 38.3 Å². The summed E-state index contributed by atoms with van der Waals surface area (Å²) in [5, 5.41) is 3.70. The van der Waals surface area contributed by atoms with E-state index in [0.717, 1.165) is 18.6 Å². The molecule has 0 aromatic rings. The Morgan fingerprint density at radius 3 is 2.76 bits per heavy atom. The zero-order valence-corrected chi connectivity index (χ0v) is 12.4. The Hall–Kier alpha value is 0.0700. The highest BCUT2D eigenvalue weighted by atomic mass is 32.2. The largest absolute Gasteiger partial charge is 0.385 e. The number of rotatable bonds is 6. The predicted molar refractivity (Wildman–Crippen MR) is 73.8 cm³/mol. The van der Waals surface area contributed by atoms with E-state index in [9.17, 15) is 4.21 Å². The van der Waals surface area contributed by atoms with Crippen LogP contribution >= 0.6 is 0 Å². The Balaban J connectivity index is 2.58. The van der Waals surface area contributed by atoms with Crippen molar-refractivity contribution in [1.82, 2.24) is 5.32 Å². The zero-order chi connectivity index (χ0) is 12.9. The first-order chi connectivity index (χ1) is 8.03. The lowest BCUT2D eigenvalue weighted by Crippen LogP contribution is -2.53. The molecule has 3 unspecified atom stereocenters. The first kappa shape index (κ1) is 15.1. The van der Waals surface area contributed by atoms with Crippen molar-refractivity contribution in [3.63, 3.8) is 0 Å². The summed E-state index contributed by atoms with van der Waals surface area (Å²) >= 11 is 0. The highest BCUT2D eigenvalue weighted by Crippen LogP contribution is 2.37. The molecule has 1 aliphatic carbocycles. The number of ether oxygens (including phenoxy) is 1. The van der Waals surface area contributed by atoms with Crippen LogP contribution in [0.4, 0.5) is 0 Å². The fraction of sp³-hybridized carbons (Fsp3) is 1.00. The van der Waals surface area contributed by atoms with Crippen molar-refractivity contribution in [1.29, 1.82) is 0 Å². The van der Waals surface area contributed by atoms with Gasteiger partial charge in [0.2, 0.25) is 0 Å². The van der Waals surface area contributed by atoms with Crippen LogP contribution in [0.2, 0.25) is 0 Å². The molecule has 0 bridgehead atoms. The number of methoxy groups -OCH3 is 1. The van der Waals surface area contributed by atoms with Crippen molar-refractivity contribution in [2.75, 3.05) is 26.5 Å². The molecule has 3 nitrogen and oxygen atoms in total. The van der Waals surface area contributed by atoms with Crippen molar-refractivity contribution in [2.24, 2.45) is 5.41 Å². The summed E-state index contributed by atoms with van der Waals surface area (Å²) in [6.07, 6.45) is 4.42. The van der Waals surface area contributed by atoms with Gasteiger partial charge in [-0.05, 0) is 31.7 Å². The van der Waals surface area contributed by atoms with E-state index in [1.54, 1.807) is 7.11 Å². The fourth-order valence-electron chi connectivity index (χ4n) is 2.94. The third-order valence-corrected chi connectivity index (χ3v) is 5.74. The van der Waals surface area contributed by atoms with E-state index >= 15 is 0 Å². The predicted octanol–water partition coefficient (Wildman–Crippen LogP) is 1.94. The van der Waals surface area contributed by atoms with Gasteiger partial charge in [0.25, 0.3) is 0 Å². The lowest BCUT2D eigenvalue weighted by atomic mass is 9.73. The summed E-state index contributed by atoms with van der Waals surface area (Å²) in [7, 11) is 2.97. The van der Waals surface area contributed by atoms with E-state index in [0.29, 0.717) is 17.9 Å². The summed E-state index contributed by atoms with van der Waals surface area (Å²) < 4.78 is 17.4. The summed E-state index contributed by atoms with van der Waals surface area (Å²) in [5.74, 6) is 0.771. The van der Waals surface area contributed by atoms with Gasteiger partial charge in [-0.25, -0.2) is 0 Å². The highest BCUT2D eigenvalue weighted by molar-refractivity contribution is 7.85. The average Bonchev–Trinajstić information content (AvgIpc) is 2.27. The van der Waals surface area contributed by atoms with Crippen LogP contribution in [0.25, 0.3) is 0 Å². The van der Waals surface area contributed by atoms with Gasteiger partial charge in [-0.15, -0.1) is 0 Å². The van der Waals surface area contributed by atoms with E-state index in [1.807, 2.05) is 7.05 Å². The monoisotopic (exact) mass is 261 g/mol. The quantitative estimate of drug-likeness (QED) is 0.743. The third-order valence-electron chi connectivity index (χ3n) is 3.87. The highest BCUT2D eigenvalue weighted by Gasteiger charge is 2.40. The number of hydrogen-bond acceptors (Lipinski definition) is 3. The molecule has 102 valence electrons. The van der Waals surface area contributed by atoms with Crippen molar-refractivity contribution in [3.05, 3.63) is 0 Å². The fourth-order valence-corrected chi connectivity index (χ4v) is 4.88. The van der Waals surface area contributed by atoms with E-state index < -0.39 is 10.8 Å². The van der Waals surface area contributed by atoms with Gasteiger partial charge in [-0.2, -0.15) is 0 Å². The van der Waals surface area contributed by atoms with Crippen molar-refractivity contribution in [3.8, 4) is 0 Å². The van der Waals surface area contributed by atoms with Crippen LogP contribution in [0, 0.1) is 5.41 Å². The third kappa shape index (κ3) is 4.04. The van der Waals surface area contributed by atoms with Crippen LogP contribution in [0.3, 0.4) is 0 Å². The van der Waals surface area contributed by atoms with Crippen LogP contribution < -0.4 is 5.32 Å². The maximum absolute atomic E-state index is 12.3. The Kier molecular flexibility index (Phi) is 6.10. The minimum atomic E-state index is -0.727. The maximum Gasteiger partial charge on any atom is 0.0506 e. The molecular formula is C13H27NO2S. The molecule has 0 radical (unpaired) electrons. The average molecular weight is 261 g/mol. The molecule has 0 spiro atoms. The minimum Gasteiger partial charge on any atom is -0.385 e. The molecule has 0 aromatic heterocycles. The smallest absolute Gasteiger partial charge is 0.0506 e. The summed E-state index contributed by atoms with van der Waals surface area (Å²) in [4.78, 5) is 0. The molecule has 17 heavy (non-hydrogen) atoms. The van der Waals surface area contributed by atoms with Crippen LogP contribution in [-0.4, -0.2) is 42.0 Å². The molecule has 1 fully saturated rings. The summed E-state index contributed by atoms with van der Waals surface area (Å²) in [6.45, 7) is 5.28. The Morgan fingerprint density at radius 1 is 1.47 bits per heavy atom. The summed E-state index contributed by atoms with van der Waals surface area (Å²) in [5.41, 5.74) is 0.259. The second-order valence-electron chi connectivity index (χ2n) is 5.62. The molecule has 1 aliphatic rings. The molecule has 0 heterocycles. The summed E-state index contributed by atoms with van der Waals surface area (Å²) in [6, 6.07) is 0.375. The van der Waals surface area contributed by atoms with E-state index in [1.165, 1.54) is 12.8 Å². The van der Waals surface area contributed by atoms with E-state index in [2.05, 4.69) is 19.2 Å². The van der Waals surface area contributed by atoms with Gasteiger partial charge in [0, 0.05) is 36.3 Å². The molecular weight excluding hydrogens is 234 g/mol. The standard InChI is InChI=1S/C13H27NO2S/c1-13(2)8-5-7-11(12(13)14-3)17(15)10-6-9-16-4/h11-12,14H,5-10H2,1-4H3. The van der Waals surface area contributed by atoms with Crippen molar-refractivity contribution >= 4 is 10.8 Å². The van der Waals surface area contributed by atoms with Gasteiger partial charge >= 0.3 is 0 Å². The van der Waals surface area contributed by atoms with E-state index in [-0.39, 0.29) is 5.41 Å². The lowest BCUT2D eigenvalue weighted by molar-refractivity contribution is 0.180. The molecule has 3 atom stereocenters. The van der Waals surface area contributed by atoms with Gasteiger partial charge in [-0.3, -0.25) is 4.21 Å². The van der Waals surface area contributed by atoms with E-state index in [4.69, 9.17) is 4.74 Å². The zero-order valence-electron chi connectivity index (χ0n) is 11.6. The van der Waals surface area contributed by atoms with Crippen LogP contribution in [0.5, 0.6) is 0 Å². The molecule has 4 heteroatoms. The maximum atomic E-state index is 12.3. The van der Waals surface area contributed by atoms with Crippen LogP contribution in [0.15, 0.2) is 0 Å². The Morgan fingerprint density at radius 2 is 2.18 bits per heavy atom. The Bertz CT molecular complexity index is 256.